The van der Waals surface area contributed by atoms with E-state index in [-0.39, 0.29) is 35.0 Å². The molecule has 1 aliphatic heterocycles. The van der Waals surface area contributed by atoms with Gasteiger partial charge in [0, 0.05) is 31.8 Å². The fraction of sp³-hybridized carbons (Fsp3) is 0.542. The summed E-state index contributed by atoms with van der Waals surface area (Å²) in [5.74, 6) is -0.369. The maximum Gasteiger partial charge on any atom is 0.407 e. The summed E-state index contributed by atoms with van der Waals surface area (Å²) in [5.41, 5.74) is 2.26. The second-order valence-electron chi connectivity index (χ2n) is 18.6. The van der Waals surface area contributed by atoms with Gasteiger partial charge in [0.05, 0.1) is 12.1 Å². The summed E-state index contributed by atoms with van der Waals surface area (Å²) in [6.45, 7) is 21.5. The normalized spacial score (nSPS) is 16.3. The molecule has 1 saturated heterocycles. The summed E-state index contributed by atoms with van der Waals surface area (Å²) in [5, 5.41) is 6.21. The molecule has 5 atom stereocenters. The largest absolute Gasteiger partial charge is 0.489 e. The van der Waals surface area contributed by atoms with Crippen molar-refractivity contribution in [2.24, 2.45) is 11.8 Å². The van der Waals surface area contributed by atoms with Crippen molar-refractivity contribution >= 4 is 32.0 Å². The van der Waals surface area contributed by atoms with Crippen LogP contribution in [0.1, 0.15) is 97.8 Å². The van der Waals surface area contributed by atoms with Gasteiger partial charge in [-0.1, -0.05) is 114 Å². The molecule has 0 bridgehead atoms. The molecule has 0 aliphatic carbocycles. The van der Waals surface area contributed by atoms with Gasteiger partial charge in [-0.3, -0.25) is 14.4 Å². The van der Waals surface area contributed by atoms with Gasteiger partial charge in [0.15, 0.2) is 8.32 Å². The van der Waals surface area contributed by atoms with Crippen LogP contribution in [0, 0.1) is 11.8 Å². The van der Waals surface area contributed by atoms with E-state index in [1.165, 1.54) is 0 Å². The van der Waals surface area contributed by atoms with E-state index in [4.69, 9.17) is 13.9 Å². The molecule has 1 fully saturated rings. The molecule has 322 valence electrons. The first-order valence-corrected chi connectivity index (χ1v) is 24.2. The third-order valence-corrected chi connectivity index (χ3v) is 16.2. The summed E-state index contributed by atoms with van der Waals surface area (Å²) >= 11 is 0. The summed E-state index contributed by atoms with van der Waals surface area (Å²) in [7, 11) is -2.51. The smallest absolute Gasteiger partial charge is 0.407 e. The molecular formula is C48H69N3O7Si. The summed E-state index contributed by atoms with van der Waals surface area (Å²) in [4.78, 5) is 56.4. The topological polar surface area (TPSA) is 123 Å². The predicted octanol–water partition coefficient (Wildman–Crippen LogP) is 9.06. The second kappa shape index (κ2) is 21.2. The maximum absolute atomic E-state index is 14.9. The van der Waals surface area contributed by atoms with Crippen molar-refractivity contribution in [3.63, 3.8) is 0 Å². The number of alkyl carbamates (subject to hydrolysis) is 1. The minimum atomic E-state index is -2.51. The highest BCUT2D eigenvalue weighted by Crippen LogP contribution is 2.39. The summed E-state index contributed by atoms with van der Waals surface area (Å²) < 4.78 is 19.1. The Balaban J connectivity index is 1.74. The Morgan fingerprint density at radius 3 is 1.88 bits per heavy atom. The molecule has 10 nitrogen and oxygen atoms in total. The number of carbonyl (C=O) groups is 4. The third-order valence-electron chi connectivity index (χ3n) is 11.7. The molecule has 0 spiro atoms. The first-order valence-electron chi connectivity index (χ1n) is 21.3. The summed E-state index contributed by atoms with van der Waals surface area (Å²) in [6, 6.07) is 26.4. The van der Waals surface area contributed by atoms with Crippen molar-refractivity contribution in [2.45, 2.75) is 142 Å². The molecule has 3 aromatic carbocycles. The average molecular weight is 828 g/mol. The fourth-order valence-corrected chi connectivity index (χ4v) is 8.26. The molecule has 4 rings (SSSR count). The zero-order chi connectivity index (χ0) is 43.4. The van der Waals surface area contributed by atoms with Crippen LogP contribution in [0.25, 0.3) is 0 Å². The number of nitrogens with zero attached hydrogens (tertiary/aromatic N) is 1. The van der Waals surface area contributed by atoms with Crippen LogP contribution >= 0.6 is 0 Å². The van der Waals surface area contributed by atoms with Gasteiger partial charge in [-0.05, 0) is 92.9 Å². The molecule has 1 aliphatic rings. The Morgan fingerprint density at radius 1 is 0.780 bits per heavy atom. The van der Waals surface area contributed by atoms with Crippen molar-refractivity contribution < 1.29 is 33.1 Å². The predicted molar refractivity (Wildman–Crippen MR) is 237 cm³/mol. The number of piperidine rings is 1. The molecule has 3 amide bonds. The number of hydrogen-bond acceptors (Lipinski definition) is 7. The number of amides is 3. The van der Waals surface area contributed by atoms with Crippen LogP contribution in [0.3, 0.4) is 0 Å². The van der Waals surface area contributed by atoms with E-state index >= 15 is 0 Å². The van der Waals surface area contributed by atoms with Gasteiger partial charge in [-0.25, -0.2) is 4.79 Å². The van der Waals surface area contributed by atoms with E-state index in [1.807, 2.05) is 120 Å². The zero-order valence-corrected chi connectivity index (χ0v) is 38.1. The van der Waals surface area contributed by atoms with Crippen LogP contribution in [0.15, 0.2) is 84.9 Å². The minimum absolute atomic E-state index is 0.146. The van der Waals surface area contributed by atoms with Gasteiger partial charge in [-0.2, -0.15) is 0 Å². The molecule has 0 unspecified atom stereocenters. The molecule has 0 radical (unpaired) electrons. The molecule has 59 heavy (non-hydrogen) atoms. The number of hydrogen-bond donors (Lipinski definition) is 2. The number of Topliss-reactive ketones (excluding diaryl/α,β-unsaturated/α-hetero) is 1. The van der Waals surface area contributed by atoms with Crippen molar-refractivity contribution in [3.05, 3.63) is 102 Å². The van der Waals surface area contributed by atoms with E-state index in [9.17, 15) is 19.2 Å². The molecule has 0 aromatic heterocycles. The highest BCUT2D eigenvalue weighted by Gasteiger charge is 2.43. The Labute approximate surface area is 354 Å². The zero-order valence-electron chi connectivity index (χ0n) is 37.1. The Kier molecular flexibility index (Phi) is 16.9. The standard InChI is InChI=1S/C48H69N3O7Si/c1-11-34(2)43(45(54)51-28-26-39(52)27-29-51)50-44(53)38(30-36-22-24-40(25-23-36)56-33-37-20-16-13-17-21-37)32-42(58-59(9,10)48(6,7)8)41(31-35-18-14-12-15-19-35)49-46(55)57-47(3,4)5/h12-25,34,38,41-43H,11,26-33H2,1-10H3,(H,49,55)(H,50,53)/t34-,38-,41+,42-,43-/m0/s1. The number of benzene rings is 3. The van der Waals surface area contributed by atoms with Crippen LogP contribution < -0.4 is 15.4 Å². The van der Waals surface area contributed by atoms with Gasteiger partial charge < -0.3 is 29.4 Å². The second-order valence-corrected chi connectivity index (χ2v) is 23.4. The highest BCUT2D eigenvalue weighted by molar-refractivity contribution is 6.74. The molecule has 1 heterocycles. The molecular weight excluding hydrogens is 759 g/mol. The number of ether oxygens (including phenoxy) is 2. The number of carbonyl (C=O) groups excluding carboxylic acids is 4. The van der Waals surface area contributed by atoms with E-state index < -0.39 is 44.1 Å². The van der Waals surface area contributed by atoms with E-state index in [0.29, 0.717) is 57.6 Å². The first-order chi connectivity index (χ1) is 27.7. The van der Waals surface area contributed by atoms with Crippen molar-refractivity contribution in [1.29, 1.82) is 0 Å². The Bertz CT molecular complexity index is 1800. The molecule has 2 N–H and O–H groups in total. The lowest BCUT2D eigenvalue weighted by molar-refractivity contribution is -0.141. The Morgan fingerprint density at radius 2 is 1.34 bits per heavy atom. The number of likely N-dealkylation sites (tertiary alicyclic amines) is 1. The monoisotopic (exact) mass is 827 g/mol. The van der Waals surface area contributed by atoms with Crippen LogP contribution in [-0.4, -0.2) is 73.8 Å². The lowest BCUT2D eigenvalue weighted by atomic mass is 9.87. The van der Waals surface area contributed by atoms with Crippen molar-refractivity contribution in [1.82, 2.24) is 15.5 Å². The third kappa shape index (κ3) is 14.9. The van der Waals surface area contributed by atoms with Crippen LogP contribution in [0.2, 0.25) is 18.1 Å². The minimum Gasteiger partial charge on any atom is -0.489 e. The SMILES string of the molecule is CC[C@H](C)[C@H](NC(=O)[C@@H](Cc1ccc(OCc2ccccc2)cc1)C[C@H](O[Si](C)(C)C(C)(C)C)[C@@H](Cc1ccccc1)NC(=O)OC(C)(C)C)C(=O)N1CCC(=O)CC1. The van der Waals surface area contributed by atoms with Gasteiger partial charge in [0.1, 0.15) is 29.8 Å². The summed E-state index contributed by atoms with van der Waals surface area (Å²) in [6.07, 6.45) is 1.22. The van der Waals surface area contributed by atoms with Crippen LogP contribution in [0.5, 0.6) is 5.75 Å². The fourth-order valence-electron chi connectivity index (χ4n) is 6.89. The van der Waals surface area contributed by atoms with Gasteiger partial charge in [0.2, 0.25) is 11.8 Å². The Hall–Kier alpha value is -4.48. The van der Waals surface area contributed by atoms with Gasteiger partial charge in [-0.15, -0.1) is 0 Å². The number of nitrogens with one attached hydrogen (secondary N) is 2. The van der Waals surface area contributed by atoms with E-state index in [0.717, 1.165) is 16.7 Å². The number of rotatable bonds is 18. The highest BCUT2D eigenvalue weighted by atomic mass is 28.4. The van der Waals surface area contributed by atoms with Gasteiger partial charge >= 0.3 is 6.09 Å². The molecule has 0 saturated carbocycles. The molecule has 11 heteroatoms. The van der Waals surface area contributed by atoms with E-state index in [2.05, 4.69) is 44.5 Å². The quantitative estimate of drug-likeness (QED) is 0.123. The van der Waals surface area contributed by atoms with Crippen molar-refractivity contribution in [3.8, 4) is 5.75 Å². The van der Waals surface area contributed by atoms with Crippen LogP contribution in [-0.2, 0) is 43.0 Å². The number of ketones is 1. The lowest BCUT2D eigenvalue weighted by Crippen LogP contribution is -2.56. The van der Waals surface area contributed by atoms with Crippen LogP contribution in [0.4, 0.5) is 4.79 Å². The molecule has 3 aromatic rings. The maximum atomic E-state index is 14.9. The van der Waals surface area contributed by atoms with Gasteiger partial charge in [0.25, 0.3) is 0 Å². The average Bonchev–Trinajstić information content (AvgIpc) is 3.18. The first kappa shape index (κ1) is 47.2. The van der Waals surface area contributed by atoms with Crippen molar-refractivity contribution in [2.75, 3.05) is 13.1 Å². The van der Waals surface area contributed by atoms with E-state index in [1.54, 1.807) is 4.90 Å². The lowest BCUT2D eigenvalue weighted by Gasteiger charge is -2.42.